The predicted molar refractivity (Wildman–Crippen MR) is 168 cm³/mol. The van der Waals surface area contributed by atoms with E-state index in [9.17, 15) is 9.18 Å². The summed E-state index contributed by atoms with van der Waals surface area (Å²) >= 11 is 0. The van der Waals surface area contributed by atoms with Gasteiger partial charge >= 0.3 is 5.97 Å². The zero-order valence-electron chi connectivity index (χ0n) is 26.0. The normalized spacial score (nSPS) is 17.0. The Morgan fingerprint density at radius 2 is 1.34 bits per heavy atom. The second-order valence-corrected chi connectivity index (χ2v) is 12.3. The van der Waals surface area contributed by atoms with Crippen molar-refractivity contribution in [1.29, 1.82) is 0 Å². The van der Waals surface area contributed by atoms with Crippen molar-refractivity contribution >= 4 is 5.97 Å². The molecule has 0 aliphatic heterocycles. The largest absolute Gasteiger partial charge is 0.459 e. The lowest BCUT2D eigenvalue weighted by atomic mass is 9.84. The molecule has 0 N–H and O–H groups in total. The van der Waals surface area contributed by atoms with Crippen molar-refractivity contribution in [3.63, 3.8) is 0 Å². The number of carbonyl (C=O) groups is 1. The molecule has 0 bridgehead atoms. The van der Waals surface area contributed by atoms with E-state index in [4.69, 9.17) is 4.74 Å². The third-order valence-corrected chi connectivity index (χ3v) is 8.75. The van der Waals surface area contributed by atoms with Gasteiger partial charge in [0, 0.05) is 18.0 Å². The Hall–Kier alpha value is -2.30. The second-order valence-electron chi connectivity index (χ2n) is 12.3. The Morgan fingerprint density at radius 3 is 1.93 bits per heavy atom. The third kappa shape index (κ3) is 12.6. The van der Waals surface area contributed by atoms with E-state index >= 15 is 0 Å². The van der Waals surface area contributed by atoms with Crippen molar-refractivity contribution in [2.45, 2.75) is 155 Å². The summed E-state index contributed by atoms with van der Waals surface area (Å²) in [5.74, 6) is 0.0723. The maximum atomic E-state index is 14.9. The molecule has 1 heterocycles. The van der Waals surface area contributed by atoms with E-state index in [0.29, 0.717) is 11.4 Å². The highest BCUT2D eigenvalue weighted by Crippen LogP contribution is 2.31. The standard InChI is InChI=1S/C36H55FN2O2/c1-3-5-7-9-11-13-14-16-18-29-20-23-32(24-21-29)41-36(40)33-25-22-31(26-34(33)37)35-38-27-30(28-39-35)19-17-15-12-10-8-6-4-2/h22,25-29,32H,3-21,23-24H2,1-2H3/t29-,32-. The van der Waals surface area contributed by atoms with Gasteiger partial charge in [-0.3, -0.25) is 0 Å². The summed E-state index contributed by atoms with van der Waals surface area (Å²) in [7, 11) is 0. The van der Waals surface area contributed by atoms with Gasteiger partial charge in [0.25, 0.3) is 0 Å². The number of hydrogen-bond donors (Lipinski definition) is 0. The molecular weight excluding hydrogens is 511 g/mol. The predicted octanol–water partition coefficient (Wildman–Crippen LogP) is 10.8. The van der Waals surface area contributed by atoms with Gasteiger partial charge in [0.1, 0.15) is 11.9 Å². The fourth-order valence-electron chi connectivity index (χ4n) is 6.06. The zero-order valence-corrected chi connectivity index (χ0v) is 26.0. The molecule has 1 saturated carbocycles. The summed E-state index contributed by atoms with van der Waals surface area (Å²) in [6.45, 7) is 4.50. The van der Waals surface area contributed by atoms with E-state index < -0.39 is 11.8 Å². The summed E-state index contributed by atoms with van der Waals surface area (Å²) in [6, 6.07) is 4.57. The number of ether oxygens (including phenoxy) is 1. The van der Waals surface area contributed by atoms with Crippen LogP contribution < -0.4 is 0 Å². The molecule has 0 saturated heterocycles. The molecule has 4 nitrogen and oxygen atoms in total. The highest BCUT2D eigenvalue weighted by molar-refractivity contribution is 5.90. The summed E-state index contributed by atoms with van der Waals surface area (Å²) in [5, 5.41) is 0. The van der Waals surface area contributed by atoms with Crippen molar-refractivity contribution in [2.24, 2.45) is 5.92 Å². The molecule has 41 heavy (non-hydrogen) atoms. The molecule has 1 aromatic heterocycles. The number of hydrogen-bond acceptors (Lipinski definition) is 4. The topological polar surface area (TPSA) is 52.1 Å². The number of benzene rings is 1. The molecule has 1 aliphatic rings. The molecule has 1 aromatic carbocycles. The molecule has 5 heteroatoms. The van der Waals surface area contributed by atoms with Crippen LogP contribution in [-0.4, -0.2) is 22.0 Å². The van der Waals surface area contributed by atoms with Gasteiger partial charge in [0.05, 0.1) is 5.56 Å². The highest BCUT2D eigenvalue weighted by Gasteiger charge is 2.25. The minimum Gasteiger partial charge on any atom is -0.459 e. The summed E-state index contributed by atoms with van der Waals surface area (Å²) in [6.07, 6.45) is 29.5. The molecule has 0 unspecified atom stereocenters. The molecular formula is C36H55FN2O2. The van der Waals surface area contributed by atoms with E-state index in [-0.39, 0.29) is 11.7 Å². The monoisotopic (exact) mass is 566 g/mol. The minimum absolute atomic E-state index is 0.00892. The lowest BCUT2D eigenvalue weighted by Crippen LogP contribution is -2.25. The number of aryl methyl sites for hydroxylation is 1. The van der Waals surface area contributed by atoms with Gasteiger partial charge in [-0.1, -0.05) is 116 Å². The summed E-state index contributed by atoms with van der Waals surface area (Å²) in [4.78, 5) is 21.7. The van der Waals surface area contributed by atoms with E-state index in [0.717, 1.165) is 50.0 Å². The van der Waals surface area contributed by atoms with Gasteiger partial charge < -0.3 is 4.74 Å². The maximum Gasteiger partial charge on any atom is 0.341 e. The summed E-state index contributed by atoms with van der Waals surface area (Å²) < 4.78 is 20.7. The first-order chi connectivity index (χ1) is 20.1. The van der Waals surface area contributed by atoms with Crippen LogP contribution in [-0.2, 0) is 11.2 Å². The molecule has 0 atom stereocenters. The fourth-order valence-corrected chi connectivity index (χ4v) is 6.06. The van der Waals surface area contributed by atoms with Crippen molar-refractivity contribution in [1.82, 2.24) is 9.97 Å². The SMILES string of the molecule is CCCCCCCCCC[C@H]1CC[C@H](OC(=O)c2ccc(-c3ncc(CCCCCCCCC)cn3)cc2F)CC1. The van der Waals surface area contributed by atoms with Crippen molar-refractivity contribution in [3.8, 4) is 11.4 Å². The Kier molecular flexibility index (Phi) is 16.0. The van der Waals surface area contributed by atoms with Gasteiger partial charge in [-0.15, -0.1) is 0 Å². The lowest BCUT2D eigenvalue weighted by molar-refractivity contribution is 0.0156. The average molecular weight is 567 g/mol. The first-order valence-corrected chi connectivity index (χ1v) is 16.9. The first kappa shape index (κ1) is 33.2. The molecule has 0 radical (unpaired) electrons. The quantitative estimate of drug-likeness (QED) is 0.118. The molecule has 1 aliphatic carbocycles. The van der Waals surface area contributed by atoms with Crippen LogP contribution in [0, 0.1) is 11.7 Å². The summed E-state index contributed by atoms with van der Waals surface area (Å²) in [5.41, 5.74) is 1.67. The molecule has 228 valence electrons. The van der Waals surface area contributed by atoms with Gasteiger partial charge in [-0.05, 0) is 62.1 Å². The van der Waals surface area contributed by atoms with Gasteiger partial charge in [0.15, 0.2) is 5.82 Å². The molecule has 0 amide bonds. The maximum absolute atomic E-state index is 14.9. The molecule has 3 rings (SSSR count). The number of aromatic nitrogens is 2. The molecule has 1 fully saturated rings. The minimum atomic E-state index is -0.577. The van der Waals surface area contributed by atoms with Crippen LogP contribution in [0.15, 0.2) is 30.6 Å². The number of halogens is 1. The van der Waals surface area contributed by atoms with E-state index in [1.54, 1.807) is 6.07 Å². The van der Waals surface area contributed by atoms with E-state index in [2.05, 4.69) is 23.8 Å². The van der Waals surface area contributed by atoms with E-state index in [1.807, 2.05) is 12.4 Å². The van der Waals surface area contributed by atoms with Crippen molar-refractivity contribution in [3.05, 3.63) is 47.5 Å². The van der Waals surface area contributed by atoms with Crippen LogP contribution in [0.25, 0.3) is 11.4 Å². The Bertz CT molecular complexity index is 986. The zero-order chi connectivity index (χ0) is 29.1. The van der Waals surface area contributed by atoms with Crippen LogP contribution in [0.2, 0.25) is 0 Å². The number of carbonyl (C=O) groups excluding carboxylic acids is 1. The molecule has 0 spiro atoms. The van der Waals surface area contributed by atoms with Crippen molar-refractivity contribution < 1.29 is 13.9 Å². The third-order valence-electron chi connectivity index (χ3n) is 8.75. The number of rotatable bonds is 20. The lowest BCUT2D eigenvalue weighted by Gasteiger charge is -2.28. The van der Waals surface area contributed by atoms with Gasteiger partial charge in [-0.2, -0.15) is 0 Å². The van der Waals surface area contributed by atoms with E-state index in [1.165, 1.54) is 108 Å². The van der Waals surface area contributed by atoms with Gasteiger partial charge in [-0.25, -0.2) is 19.2 Å². The number of nitrogens with zero attached hydrogens (tertiary/aromatic N) is 2. The highest BCUT2D eigenvalue weighted by atomic mass is 19.1. The van der Waals surface area contributed by atoms with Crippen molar-refractivity contribution in [2.75, 3.05) is 0 Å². The Labute approximate surface area is 249 Å². The fraction of sp³-hybridized carbons (Fsp3) is 0.694. The molecule has 2 aromatic rings. The van der Waals surface area contributed by atoms with Crippen LogP contribution in [0.3, 0.4) is 0 Å². The van der Waals surface area contributed by atoms with Crippen LogP contribution in [0.5, 0.6) is 0 Å². The Balaban J connectivity index is 1.35. The Morgan fingerprint density at radius 1 is 0.780 bits per heavy atom. The number of unbranched alkanes of at least 4 members (excludes halogenated alkanes) is 13. The second kappa shape index (κ2) is 19.8. The van der Waals surface area contributed by atoms with Crippen LogP contribution >= 0.6 is 0 Å². The number of esters is 1. The smallest absolute Gasteiger partial charge is 0.341 e. The van der Waals surface area contributed by atoms with Crippen LogP contribution in [0.1, 0.15) is 158 Å². The average Bonchev–Trinajstić information content (AvgIpc) is 2.99. The van der Waals surface area contributed by atoms with Crippen LogP contribution in [0.4, 0.5) is 4.39 Å². The van der Waals surface area contributed by atoms with Gasteiger partial charge in [0.2, 0.25) is 0 Å². The first-order valence-electron chi connectivity index (χ1n) is 16.9.